The molecule has 0 heterocycles. The van der Waals surface area contributed by atoms with Crippen molar-refractivity contribution < 1.29 is 29.1 Å². The van der Waals surface area contributed by atoms with Gasteiger partial charge in [0.15, 0.2) is 0 Å². The number of benzene rings is 1. The molecule has 1 aromatic carbocycles. The molecule has 1 rings (SSSR count). The fraction of sp³-hybridized carbons (Fsp3) is 0.600. The molecular formula is C20H30O6. The lowest BCUT2D eigenvalue weighted by molar-refractivity contribution is -0.452. The highest BCUT2D eigenvalue weighted by molar-refractivity contribution is 5.89. The van der Waals surface area contributed by atoms with Gasteiger partial charge in [0.05, 0.1) is 17.2 Å². The summed E-state index contributed by atoms with van der Waals surface area (Å²) in [5.41, 5.74) is 2.16. The molecule has 0 aliphatic heterocycles. The summed E-state index contributed by atoms with van der Waals surface area (Å²) in [5, 5.41) is 4.20. The predicted octanol–water partition coefficient (Wildman–Crippen LogP) is 5.60. The molecule has 146 valence electrons. The molecule has 1 aromatic rings. The summed E-state index contributed by atoms with van der Waals surface area (Å²) in [6.45, 7) is 6.18. The van der Waals surface area contributed by atoms with Gasteiger partial charge in [-0.25, -0.2) is 14.5 Å². The standard InChI is InChI=1S/C20H30O6/c1-4-5-6-7-8-9-10-11-12-23-20(22)25-26-24-19(21)18-14-16(2)13-17(3)15-18/h13-15H,4-12H2,1-3H3. The molecule has 6 nitrogen and oxygen atoms in total. The monoisotopic (exact) mass is 366 g/mol. The molecule has 0 bridgehead atoms. The van der Waals surface area contributed by atoms with E-state index >= 15 is 0 Å². The second kappa shape index (κ2) is 13.2. The molecule has 6 heteroatoms. The fourth-order valence-corrected chi connectivity index (χ4v) is 2.63. The van der Waals surface area contributed by atoms with Crippen LogP contribution < -0.4 is 0 Å². The van der Waals surface area contributed by atoms with Crippen molar-refractivity contribution in [1.82, 2.24) is 0 Å². The second-order valence-corrected chi connectivity index (χ2v) is 6.47. The molecule has 0 radical (unpaired) electrons. The van der Waals surface area contributed by atoms with Gasteiger partial charge in [0, 0.05) is 0 Å². The number of rotatable bonds is 12. The maximum absolute atomic E-state index is 11.8. The van der Waals surface area contributed by atoms with Crippen LogP contribution in [0.2, 0.25) is 0 Å². The van der Waals surface area contributed by atoms with E-state index in [1.54, 1.807) is 12.1 Å². The van der Waals surface area contributed by atoms with E-state index in [2.05, 4.69) is 21.7 Å². The third-order valence-electron chi connectivity index (χ3n) is 3.89. The molecule has 0 fully saturated rings. The van der Waals surface area contributed by atoms with Gasteiger partial charge in [-0.3, -0.25) is 4.89 Å². The number of aryl methyl sites for hydroxylation is 2. The molecule has 26 heavy (non-hydrogen) atoms. The minimum absolute atomic E-state index is 0.252. The van der Waals surface area contributed by atoms with Crippen molar-refractivity contribution >= 4 is 12.1 Å². The summed E-state index contributed by atoms with van der Waals surface area (Å²) in [4.78, 5) is 31.8. The Hall–Kier alpha value is -2.08. The molecule has 0 aromatic heterocycles. The van der Waals surface area contributed by atoms with Crippen LogP contribution in [-0.4, -0.2) is 18.7 Å². The van der Waals surface area contributed by atoms with E-state index in [1.165, 1.54) is 32.1 Å². The van der Waals surface area contributed by atoms with E-state index in [9.17, 15) is 9.59 Å². The van der Waals surface area contributed by atoms with E-state index in [0.717, 1.165) is 30.4 Å². The summed E-state index contributed by atoms with van der Waals surface area (Å²) in [5.74, 6) is -0.743. The van der Waals surface area contributed by atoms with Crippen LogP contribution >= 0.6 is 0 Å². The molecule has 0 saturated heterocycles. The van der Waals surface area contributed by atoms with Crippen molar-refractivity contribution in [2.45, 2.75) is 72.1 Å². The zero-order valence-electron chi connectivity index (χ0n) is 16.0. The number of ether oxygens (including phenoxy) is 1. The SMILES string of the molecule is CCCCCCCCCCOC(=O)OOOC(=O)c1cc(C)cc(C)c1. The van der Waals surface area contributed by atoms with Crippen molar-refractivity contribution in [3.05, 3.63) is 34.9 Å². The maximum atomic E-state index is 11.8. The summed E-state index contributed by atoms with van der Waals surface area (Å²) < 4.78 is 4.84. The zero-order valence-corrected chi connectivity index (χ0v) is 16.0. The van der Waals surface area contributed by atoms with Crippen molar-refractivity contribution in [3.8, 4) is 0 Å². The van der Waals surface area contributed by atoms with E-state index in [0.29, 0.717) is 5.56 Å². The number of unbranched alkanes of at least 4 members (excludes halogenated alkanes) is 7. The van der Waals surface area contributed by atoms with E-state index in [-0.39, 0.29) is 6.61 Å². The van der Waals surface area contributed by atoms with Crippen molar-refractivity contribution in [2.75, 3.05) is 6.61 Å². The Labute approximate surface area is 155 Å². The predicted molar refractivity (Wildman–Crippen MR) is 97.5 cm³/mol. The smallest absolute Gasteiger partial charge is 0.432 e. The summed E-state index contributed by atoms with van der Waals surface area (Å²) in [6.07, 6.45) is 8.18. The molecule has 0 amide bonds. The first-order valence-corrected chi connectivity index (χ1v) is 9.33. The number of carbonyl (C=O) groups is 2. The minimum Gasteiger partial charge on any atom is -0.432 e. The molecule has 0 unspecified atom stereocenters. The third-order valence-corrected chi connectivity index (χ3v) is 3.89. The van der Waals surface area contributed by atoms with Crippen molar-refractivity contribution in [3.63, 3.8) is 0 Å². The van der Waals surface area contributed by atoms with Crippen LogP contribution in [0.5, 0.6) is 0 Å². The van der Waals surface area contributed by atoms with Gasteiger partial charge in [0.1, 0.15) is 0 Å². The summed E-state index contributed by atoms with van der Waals surface area (Å²) >= 11 is 0. The second-order valence-electron chi connectivity index (χ2n) is 6.47. The molecule has 0 N–H and O–H groups in total. The highest BCUT2D eigenvalue weighted by Gasteiger charge is 2.12. The maximum Gasteiger partial charge on any atom is 0.543 e. The number of hydrogen-bond acceptors (Lipinski definition) is 6. The summed E-state index contributed by atoms with van der Waals surface area (Å²) in [7, 11) is 0. The first kappa shape index (κ1) is 22.0. The molecule has 0 saturated carbocycles. The van der Waals surface area contributed by atoms with Crippen molar-refractivity contribution in [2.24, 2.45) is 0 Å². The largest absolute Gasteiger partial charge is 0.543 e. The Bertz CT molecular complexity index is 535. The van der Waals surface area contributed by atoms with Gasteiger partial charge < -0.3 is 4.74 Å². The minimum atomic E-state index is -1.03. The van der Waals surface area contributed by atoms with Crippen LogP contribution in [0.25, 0.3) is 0 Å². The highest BCUT2D eigenvalue weighted by atomic mass is 17.5. The lowest BCUT2D eigenvalue weighted by Gasteiger charge is -2.05. The van der Waals surface area contributed by atoms with E-state index in [1.807, 2.05) is 19.9 Å². The van der Waals surface area contributed by atoms with Crippen LogP contribution in [0.3, 0.4) is 0 Å². The van der Waals surface area contributed by atoms with Gasteiger partial charge in [0.2, 0.25) is 0 Å². The third kappa shape index (κ3) is 10.0. The molecular weight excluding hydrogens is 336 g/mol. The zero-order chi connectivity index (χ0) is 19.2. The average Bonchev–Trinajstić information content (AvgIpc) is 2.59. The summed E-state index contributed by atoms with van der Waals surface area (Å²) in [6, 6.07) is 5.23. The van der Waals surface area contributed by atoms with Crippen LogP contribution in [0.15, 0.2) is 18.2 Å². The van der Waals surface area contributed by atoms with Crippen LogP contribution in [-0.2, 0) is 19.6 Å². The van der Waals surface area contributed by atoms with Gasteiger partial charge in [-0.05, 0) is 32.4 Å². The van der Waals surface area contributed by atoms with Crippen LogP contribution in [0, 0.1) is 13.8 Å². The lowest BCUT2D eigenvalue weighted by atomic mass is 10.1. The molecule has 0 aliphatic rings. The van der Waals surface area contributed by atoms with E-state index < -0.39 is 12.1 Å². The van der Waals surface area contributed by atoms with E-state index in [4.69, 9.17) is 4.74 Å². The number of hydrogen-bond donors (Lipinski definition) is 0. The van der Waals surface area contributed by atoms with Crippen molar-refractivity contribution in [1.29, 1.82) is 0 Å². The Morgan fingerprint density at radius 1 is 0.808 bits per heavy atom. The van der Waals surface area contributed by atoms with Crippen LogP contribution in [0.4, 0.5) is 4.79 Å². The fourth-order valence-electron chi connectivity index (χ4n) is 2.63. The van der Waals surface area contributed by atoms with Crippen LogP contribution in [0.1, 0.15) is 79.8 Å². The molecule has 0 aliphatic carbocycles. The first-order valence-electron chi connectivity index (χ1n) is 9.33. The Kier molecular flexibility index (Phi) is 11.1. The van der Waals surface area contributed by atoms with Gasteiger partial charge in [-0.2, -0.15) is 0 Å². The Morgan fingerprint density at radius 2 is 1.38 bits per heavy atom. The first-order chi connectivity index (χ1) is 12.5. The lowest BCUT2D eigenvalue weighted by Crippen LogP contribution is -2.13. The average molecular weight is 366 g/mol. The Balaban J connectivity index is 2.05. The highest BCUT2D eigenvalue weighted by Crippen LogP contribution is 2.11. The topological polar surface area (TPSA) is 71.1 Å². The molecule has 0 spiro atoms. The van der Waals surface area contributed by atoms with Gasteiger partial charge in [-0.15, -0.1) is 0 Å². The number of carbonyl (C=O) groups excluding carboxylic acids is 2. The molecule has 0 atom stereocenters. The van der Waals surface area contributed by atoms with Gasteiger partial charge in [0.25, 0.3) is 0 Å². The quantitative estimate of drug-likeness (QED) is 0.207. The van der Waals surface area contributed by atoms with Gasteiger partial charge >= 0.3 is 12.1 Å². The Morgan fingerprint density at radius 3 is 2.00 bits per heavy atom. The normalized spacial score (nSPS) is 10.4. The van der Waals surface area contributed by atoms with Gasteiger partial charge in [-0.1, -0.05) is 69.1 Å².